The van der Waals surface area contributed by atoms with Gasteiger partial charge in [0, 0.05) is 12.0 Å². The first kappa shape index (κ1) is 22.4. The molecule has 0 aliphatic rings. The number of phosphoric ester groups is 1. The number of hydrogen-bond acceptors (Lipinski definition) is 5. The first-order chi connectivity index (χ1) is 13.0. The Morgan fingerprint density at radius 1 is 0.786 bits per heavy atom. The van der Waals surface area contributed by atoms with E-state index in [2.05, 4.69) is 0 Å². The van der Waals surface area contributed by atoms with Gasteiger partial charge in [-0.15, -0.1) is 0 Å². The maximum Gasteiger partial charge on any atom is 1.00 e. The maximum absolute atomic E-state index is 12.3. The van der Waals surface area contributed by atoms with Crippen molar-refractivity contribution in [1.82, 2.24) is 0 Å². The van der Waals surface area contributed by atoms with Gasteiger partial charge in [0.2, 0.25) is 0 Å². The summed E-state index contributed by atoms with van der Waals surface area (Å²) in [7, 11) is -4.56. The molecule has 28 heavy (non-hydrogen) atoms. The molecule has 138 valence electrons. The molecule has 0 aliphatic carbocycles. The summed E-state index contributed by atoms with van der Waals surface area (Å²) >= 11 is 0. The van der Waals surface area contributed by atoms with Gasteiger partial charge in [0.25, 0.3) is 0 Å². The zero-order chi connectivity index (χ0) is 19.1. The molecule has 1 unspecified atom stereocenters. The van der Waals surface area contributed by atoms with E-state index in [0.717, 1.165) is 5.56 Å². The number of ketones is 1. The largest absolute Gasteiger partial charge is 1.00 e. The second kappa shape index (κ2) is 10.6. The van der Waals surface area contributed by atoms with E-state index in [-0.39, 0.29) is 46.8 Å². The van der Waals surface area contributed by atoms with Crippen LogP contribution in [0.3, 0.4) is 0 Å². The van der Waals surface area contributed by atoms with Crippen molar-refractivity contribution in [3.8, 4) is 11.5 Å². The number of aryl methyl sites for hydroxylation is 1. The number of hydrogen-bond donors (Lipinski definition) is 0. The number of carbonyl (C=O) groups excluding carboxylic acids is 1. The molecule has 3 aromatic rings. The van der Waals surface area contributed by atoms with Gasteiger partial charge in [-0.25, -0.2) is 4.57 Å². The van der Waals surface area contributed by atoms with E-state index in [0.29, 0.717) is 18.4 Å². The number of para-hydroxylation sites is 1. The van der Waals surface area contributed by atoms with Crippen LogP contribution in [0, 0.1) is 0 Å². The predicted octanol–water partition coefficient (Wildman–Crippen LogP) is 1.43. The number of Topliss-reactive ketones (excluding diaryl/α,β-unsaturated/α-hetero) is 1. The van der Waals surface area contributed by atoms with E-state index < -0.39 is 7.82 Å². The van der Waals surface area contributed by atoms with Gasteiger partial charge in [-0.3, -0.25) is 4.79 Å². The van der Waals surface area contributed by atoms with Crippen LogP contribution in [-0.2, 0) is 11.0 Å². The molecule has 0 saturated heterocycles. The summed E-state index contributed by atoms with van der Waals surface area (Å²) < 4.78 is 21.8. The van der Waals surface area contributed by atoms with E-state index in [1.807, 2.05) is 30.3 Å². The normalized spacial score (nSPS) is 12.3. The molecule has 3 aromatic carbocycles. The van der Waals surface area contributed by atoms with Crippen molar-refractivity contribution in [2.24, 2.45) is 0 Å². The van der Waals surface area contributed by atoms with E-state index in [1.165, 1.54) is 24.3 Å². The van der Waals surface area contributed by atoms with Crippen molar-refractivity contribution in [3.05, 3.63) is 96.1 Å². The van der Waals surface area contributed by atoms with Crippen molar-refractivity contribution in [2.45, 2.75) is 12.8 Å². The van der Waals surface area contributed by atoms with E-state index in [9.17, 15) is 14.3 Å². The van der Waals surface area contributed by atoms with Gasteiger partial charge in [-0.1, -0.05) is 48.5 Å². The third kappa shape index (κ3) is 6.93. The number of rotatable bonds is 8. The number of phosphoric acid groups is 1. The molecule has 0 aromatic heterocycles. The Bertz CT molecular complexity index is 930. The molecule has 1 atom stereocenters. The third-order valence-corrected chi connectivity index (χ3v) is 4.71. The average molecular weight is 404 g/mol. The molecule has 0 saturated carbocycles. The molecule has 0 fully saturated rings. The molecular formula is C21H18NaO5P. The smallest absolute Gasteiger partial charge is 0.736 e. The molecule has 0 spiro atoms. The van der Waals surface area contributed by atoms with Crippen LogP contribution >= 0.6 is 7.82 Å². The molecule has 3 rings (SSSR count). The van der Waals surface area contributed by atoms with Crippen LogP contribution in [0.25, 0.3) is 0 Å². The van der Waals surface area contributed by atoms with Crippen LogP contribution in [0.5, 0.6) is 11.5 Å². The van der Waals surface area contributed by atoms with Crippen LogP contribution in [-0.4, -0.2) is 5.78 Å². The quantitative estimate of drug-likeness (QED) is 0.323. The fraction of sp³-hybridized carbons (Fsp3) is 0.0952. The number of carbonyl (C=O) groups is 1. The fourth-order valence-corrected chi connectivity index (χ4v) is 3.30. The zero-order valence-corrected chi connectivity index (χ0v) is 18.4. The van der Waals surface area contributed by atoms with Crippen molar-refractivity contribution in [1.29, 1.82) is 0 Å². The Morgan fingerprint density at radius 3 is 1.86 bits per heavy atom. The average Bonchev–Trinajstić information content (AvgIpc) is 2.67. The summed E-state index contributed by atoms with van der Waals surface area (Å²) in [6.45, 7) is 0. The second-order valence-electron chi connectivity index (χ2n) is 5.88. The summed E-state index contributed by atoms with van der Waals surface area (Å²) in [6, 6.07) is 23.8. The van der Waals surface area contributed by atoms with Gasteiger partial charge in [-0.05, 0) is 48.4 Å². The summed E-state index contributed by atoms with van der Waals surface area (Å²) in [5.41, 5.74) is 1.60. The van der Waals surface area contributed by atoms with E-state index >= 15 is 0 Å². The Balaban J connectivity index is 0.00000280. The Labute approximate surface area is 186 Å². The monoisotopic (exact) mass is 404 g/mol. The molecule has 0 radical (unpaired) electrons. The Kier molecular flexibility index (Phi) is 8.49. The molecule has 0 bridgehead atoms. The standard InChI is InChI=1S/C21H19O5P.Na/c22-21(16-11-17-7-3-1-4-8-17)18-12-14-20(15-13-18)26-27(23,24)25-19-9-5-2-6-10-19;/h1-10,12-15H,11,16H2,(H,23,24);/q;+1/p-1. The molecule has 0 aliphatic heterocycles. The van der Waals surface area contributed by atoms with Crippen LogP contribution in [0.1, 0.15) is 22.3 Å². The summed E-state index contributed by atoms with van der Waals surface area (Å²) in [6.07, 6.45) is 1.03. The van der Waals surface area contributed by atoms with Crippen LogP contribution in [0.15, 0.2) is 84.9 Å². The first-order valence-corrected chi connectivity index (χ1v) is 9.90. The summed E-state index contributed by atoms with van der Waals surface area (Å²) in [5.74, 6) is 0.240. The van der Waals surface area contributed by atoms with Gasteiger partial charge in [0.1, 0.15) is 11.5 Å². The van der Waals surface area contributed by atoms with Gasteiger partial charge >= 0.3 is 37.4 Å². The third-order valence-electron chi connectivity index (χ3n) is 3.84. The van der Waals surface area contributed by atoms with Gasteiger partial charge in [0.05, 0.1) is 0 Å². The van der Waals surface area contributed by atoms with E-state index in [1.54, 1.807) is 30.3 Å². The fourth-order valence-electron chi connectivity index (χ4n) is 2.51. The summed E-state index contributed by atoms with van der Waals surface area (Å²) in [5, 5.41) is 0. The predicted molar refractivity (Wildman–Crippen MR) is 101 cm³/mol. The minimum atomic E-state index is -4.56. The van der Waals surface area contributed by atoms with Crippen molar-refractivity contribution in [2.75, 3.05) is 0 Å². The van der Waals surface area contributed by atoms with Crippen molar-refractivity contribution >= 4 is 13.6 Å². The topological polar surface area (TPSA) is 75.7 Å². The van der Waals surface area contributed by atoms with Crippen molar-refractivity contribution < 1.29 is 52.9 Å². The first-order valence-electron chi connectivity index (χ1n) is 8.44. The van der Waals surface area contributed by atoms with Crippen LogP contribution in [0.4, 0.5) is 0 Å². The minimum absolute atomic E-state index is 0. The Hall–Kier alpha value is -1.88. The van der Waals surface area contributed by atoms with Gasteiger partial charge in [0.15, 0.2) is 5.78 Å². The molecule has 0 N–H and O–H groups in total. The van der Waals surface area contributed by atoms with Crippen LogP contribution in [0.2, 0.25) is 0 Å². The summed E-state index contributed by atoms with van der Waals surface area (Å²) in [4.78, 5) is 24.2. The second-order valence-corrected chi connectivity index (χ2v) is 7.14. The molecule has 0 amide bonds. The SMILES string of the molecule is O=C(CCc1ccccc1)c1ccc(OP(=O)([O-])Oc2ccccc2)cc1.[Na+]. The van der Waals surface area contributed by atoms with Gasteiger partial charge in [-0.2, -0.15) is 0 Å². The Morgan fingerprint density at radius 2 is 1.29 bits per heavy atom. The minimum Gasteiger partial charge on any atom is -0.736 e. The molecule has 5 nitrogen and oxygen atoms in total. The molecule has 7 heteroatoms. The van der Waals surface area contributed by atoms with Crippen molar-refractivity contribution in [3.63, 3.8) is 0 Å². The molecular weight excluding hydrogens is 386 g/mol. The molecule has 0 heterocycles. The zero-order valence-electron chi connectivity index (χ0n) is 15.5. The maximum atomic E-state index is 12.3. The van der Waals surface area contributed by atoms with Crippen LogP contribution < -0.4 is 43.5 Å². The van der Waals surface area contributed by atoms with E-state index in [4.69, 9.17) is 9.05 Å². The van der Waals surface area contributed by atoms with Gasteiger partial charge < -0.3 is 13.9 Å². The number of benzene rings is 3.